The summed E-state index contributed by atoms with van der Waals surface area (Å²) in [6.45, 7) is 9.62. The van der Waals surface area contributed by atoms with E-state index in [9.17, 15) is 33.9 Å². The molecule has 5 aliphatic rings. The molecule has 1 saturated heterocycles. The lowest BCUT2D eigenvalue weighted by molar-refractivity contribution is -0.214. The number of fused-ring (bicyclic) bond motifs is 6. The Kier molecular flexibility index (Phi) is 7.39. The van der Waals surface area contributed by atoms with Crippen LogP contribution in [0.5, 0.6) is 0 Å². The normalized spacial score (nSPS) is 40.0. The Balaban J connectivity index is 1.70. The van der Waals surface area contributed by atoms with Gasteiger partial charge in [-0.3, -0.25) is 19.2 Å². The lowest BCUT2D eigenvalue weighted by Crippen LogP contribution is -2.69. The standard InChI is InChI=1S/C31H38O12/c1-13(32)40-22(28(38)39-7)23-29(3,4)25(41-14(2)33)16-10-15-18(31(23,6)24(16)36)8-9-30(5)19(15)12-21(35)42-26(30)17-11-20(34)43-27(17)37/h10-11,16,18-20,22-23,25-26,34H,8-9,12H2,1-7H3/t16-,18+,19+,20?,22-,23+,25-,26+,30-,31-/m1/s1. The van der Waals surface area contributed by atoms with Crippen LogP contribution < -0.4 is 0 Å². The van der Waals surface area contributed by atoms with E-state index in [1.165, 1.54) is 13.0 Å². The molecule has 1 unspecified atom stereocenters. The number of rotatable bonds is 5. The van der Waals surface area contributed by atoms with Crippen molar-refractivity contribution in [3.63, 3.8) is 0 Å². The average Bonchev–Trinajstić information content (AvgIpc) is 3.24. The van der Waals surface area contributed by atoms with Gasteiger partial charge in [0, 0.05) is 36.0 Å². The fraction of sp³-hybridized carbons (Fsp3) is 0.677. The van der Waals surface area contributed by atoms with Gasteiger partial charge in [-0.1, -0.05) is 39.3 Å². The van der Waals surface area contributed by atoms with E-state index < -0.39 is 94.4 Å². The van der Waals surface area contributed by atoms with Gasteiger partial charge in [-0.15, -0.1) is 0 Å². The van der Waals surface area contributed by atoms with Crippen LogP contribution in [0.4, 0.5) is 0 Å². The quantitative estimate of drug-likeness (QED) is 0.276. The molecule has 10 atom stereocenters. The number of carbonyl (C=O) groups excluding carboxylic acids is 6. The molecule has 234 valence electrons. The van der Waals surface area contributed by atoms with Crippen LogP contribution in [-0.4, -0.2) is 72.4 Å². The predicted octanol–water partition coefficient (Wildman–Crippen LogP) is 1.96. The molecule has 0 aromatic rings. The number of Topliss-reactive ketones (excluding diaryl/α,β-unsaturated/α-hetero) is 1. The van der Waals surface area contributed by atoms with Crippen molar-refractivity contribution in [2.45, 2.75) is 85.4 Å². The van der Waals surface area contributed by atoms with Crippen molar-refractivity contribution in [2.75, 3.05) is 7.11 Å². The van der Waals surface area contributed by atoms with Gasteiger partial charge < -0.3 is 28.8 Å². The summed E-state index contributed by atoms with van der Waals surface area (Å²) < 4.78 is 27.1. The maximum absolute atomic E-state index is 14.5. The number of aliphatic hydroxyl groups is 1. The maximum atomic E-state index is 14.5. The molecule has 0 aromatic carbocycles. The zero-order chi connectivity index (χ0) is 31.8. The summed E-state index contributed by atoms with van der Waals surface area (Å²) in [5.41, 5.74) is -2.35. The second kappa shape index (κ2) is 10.3. The van der Waals surface area contributed by atoms with Crippen LogP contribution >= 0.6 is 0 Å². The minimum atomic E-state index is -1.48. The van der Waals surface area contributed by atoms with Crippen molar-refractivity contribution in [3.05, 3.63) is 23.3 Å². The highest BCUT2D eigenvalue weighted by Gasteiger charge is 2.71. The summed E-state index contributed by atoms with van der Waals surface area (Å²) in [6, 6.07) is 0. The number of allylic oxidation sites excluding steroid dienone is 1. The molecular weight excluding hydrogens is 564 g/mol. The minimum Gasteiger partial charge on any atom is -0.466 e. The number of aliphatic hydroxyl groups excluding tert-OH is 1. The zero-order valence-electron chi connectivity index (χ0n) is 25.3. The molecule has 1 N–H and O–H groups in total. The fourth-order valence-electron chi connectivity index (χ4n) is 8.97. The first kappa shape index (κ1) is 30.9. The third kappa shape index (κ3) is 4.51. The van der Waals surface area contributed by atoms with Gasteiger partial charge >= 0.3 is 29.8 Å². The first-order valence-corrected chi connectivity index (χ1v) is 14.5. The van der Waals surface area contributed by atoms with Crippen LogP contribution in [0.2, 0.25) is 0 Å². The summed E-state index contributed by atoms with van der Waals surface area (Å²) in [5, 5.41) is 9.94. The molecule has 0 aromatic heterocycles. The largest absolute Gasteiger partial charge is 0.466 e. The Morgan fingerprint density at radius 3 is 2.23 bits per heavy atom. The van der Waals surface area contributed by atoms with Gasteiger partial charge in [0.05, 0.1) is 25.0 Å². The van der Waals surface area contributed by atoms with Crippen LogP contribution in [0.1, 0.15) is 60.8 Å². The Hall–Kier alpha value is -3.54. The van der Waals surface area contributed by atoms with Crippen LogP contribution in [0, 0.1) is 39.9 Å². The summed E-state index contributed by atoms with van der Waals surface area (Å²) >= 11 is 0. The molecule has 2 saturated carbocycles. The second-order valence-corrected chi connectivity index (χ2v) is 13.4. The van der Waals surface area contributed by atoms with Crippen molar-refractivity contribution in [1.29, 1.82) is 0 Å². The lowest BCUT2D eigenvalue weighted by Gasteiger charge is -2.64. The zero-order valence-corrected chi connectivity index (χ0v) is 25.3. The van der Waals surface area contributed by atoms with Crippen LogP contribution in [0.25, 0.3) is 0 Å². The number of ketones is 1. The van der Waals surface area contributed by atoms with Crippen LogP contribution in [-0.2, 0) is 52.5 Å². The number of methoxy groups -OCH3 is 1. The molecular formula is C31H38O12. The van der Waals surface area contributed by atoms with Gasteiger partial charge in [-0.2, -0.15) is 0 Å². The third-order valence-electron chi connectivity index (χ3n) is 10.6. The highest BCUT2D eigenvalue weighted by Crippen LogP contribution is 2.67. The van der Waals surface area contributed by atoms with Crippen molar-refractivity contribution >= 4 is 35.6 Å². The van der Waals surface area contributed by atoms with Gasteiger partial charge in [0.1, 0.15) is 18.0 Å². The van der Waals surface area contributed by atoms with Gasteiger partial charge in [-0.25, -0.2) is 9.59 Å². The molecule has 0 radical (unpaired) electrons. The molecule has 0 amide bonds. The molecule has 2 aliphatic heterocycles. The Morgan fingerprint density at radius 1 is 1.00 bits per heavy atom. The van der Waals surface area contributed by atoms with Crippen LogP contribution in [0.3, 0.4) is 0 Å². The molecule has 3 fully saturated rings. The molecule has 0 spiro atoms. The number of esters is 5. The van der Waals surface area contributed by atoms with Gasteiger partial charge in [0.2, 0.25) is 12.4 Å². The second-order valence-electron chi connectivity index (χ2n) is 13.4. The van der Waals surface area contributed by atoms with E-state index >= 15 is 0 Å². The molecule has 5 rings (SSSR count). The first-order chi connectivity index (χ1) is 20.0. The smallest absolute Gasteiger partial charge is 0.347 e. The molecule has 43 heavy (non-hydrogen) atoms. The van der Waals surface area contributed by atoms with E-state index in [1.54, 1.807) is 26.8 Å². The fourth-order valence-corrected chi connectivity index (χ4v) is 8.97. The van der Waals surface area contributed by atoms with Gasteiger partial charge in [-0.05, 0) is 30.8 Å². The SMILES string of the molecule is COC(=O)[C@H](OC(C)=O)[C@H]1C(C)(C)[C@H](OC(C)=O)[C@@H]2C=C3[C@@H]4CC(=O)O[C@@H](C5=CC(O)OC5=O)[C@]4(C)CC[C@@H]3[C@@]1(C)C2=O. The van der Waals surface area contributed by atoms with Crippen LogP contribution in [0.15, 0.2) is 23.3 Å². The predicted molar refractivity (Wildman–Crippen MR) is 144 cm³/mol. The van der Waals surface area contributed by atoms with E-state index in [1.807, 2.05) is 6.92 Å². The number of ether oxygens (including phenoxy) is 5. The van der Waals surface area contributed by atoms with Gasteiger partial charge in [0.25, 0.3) is 0 Å². The lowest BCUT2D eigenvalue weighted by atomic mass is 9.40. The van der Waals surface area contributed by atoms with Crippen molar-refractivity contribution in [1.82, 2.24) is 0 Å². The number of cyclic esters (lactones) is 2. The van der Waals surface area contributed by atoms with E-state index in [4.69, 9.17) is 23.7 Å². The van der Waals surface area contributed by atoms with E-state index in [0.717, 1.165) is 19.6 Å². The number of carbonyl (C=O) groups is 6. The molecule has 2 bridgehead atoms. The first-order valence-electron chi connectivity index (χ1n) is 14.5. The Bertz CT molecular complexity index is 1360. The highest BCUT2D eigenvalue weighted by atomic mass is 16.6. The summed E-state index contributed by atoms with van der Waals surface area (Å²) in [7, 11) is 1.16. The minimum absolute atomic E-state index is 0.0339. The van der Waals surface area contributed by atoms with Crippen molar-refractivity contribution in [3.8, 4) is 0 Å². The maximum Gasteiger partial charge on any atom is 0.347 e. The number of hydrogen-bond donors (Lipinski definition) is 1. The molecule has 12 heteroatoms. The van der Waals surface area contributed by atoms with Crippen molar-refractivity contribution < 1.29 is 57.6 Å². The third-order valence-corrected chi connectivity index (χ3v) is 10.6. The molecule has 2 heterocycles. The highest BCUT2D eigenvalue weighted by molar-refractivity contribution is 5.95. The van der Waals surface area contributed by atoms with E-state index in [-0.39, 0.29) is 17.8 Å². The molecule has 3 aliphatic carbocycles. The average molecular weight is 603 g/mol. The van der Waals surface area contributed by atoms with Crippen molar-refractivity contribution in [2.24, 2.45) is 39.9 Å². The van der Waals surface area contributed by atoms with Gasteiger partial charge in [0.15, 0.2) is 0 Å². The Labute approximate surface area is 249 Å². The summed E-state index contributed by atoms with van der Waals surface area (Å²) in [6.07, 6.45) is -1.14. The molecule has 12 nitrogen and oxygen atoms in total. The Morgan fingerprint density at radius 2 is 1.67 bits per heavy atom. The monoisotopic (exact) mass is 602 g/mol. The summed E-state index contributed by atoms with van der Waals surface area (Å²) in [4.78, 5) is 78.1. The van der Waals surface area contributed by atoms with E-state index in [2.05, 4.69) is 0 Å². The van der Waals surface area contributed by atoms with E-state index in [0.29, 0.717) is 12.8 Å². The topological polar surface area (TPSA) is 169 Å². The number of hydrogen-bond acceptors (Lipinski definition) is 12. The summed E-state index contributed by atoms with van der Waals surface area (Å²) in [5.74, 6) is -6.68.